The fourth-order valence-electron chi connectivity index (χ4n) is 0.890. The number of ether oxygens (including phenoxy) is 1. The highest BCUT2D eigenvalue weighted by atomic mass is 16.5. The van der Waals surface area contributed by atoms with Crippen LogP contribution in [0, 0.1) is 0 Å². The van der Waals surface area contributed by atoms with Crippen molar-refractivity contribution < 1.29 is 9.53 Å². The Morgan fingerprint density at radius 2 is 2.31 bits per heavy atom. The van der Waals surface area contributed by atoms with Gasteiger partial charge in [0.15, 0.2) is 0 Å². The molecule has 0 spiro atoms. The molecule has 0 saturated carbocycles. The molecule has 1 rings (SSSR count). The number of nitrogens with zero attached hydrogens (tertiary/aromatic N) is 1. The first-order valence-electron chi connectivity index (χ1n) is 3.99. The van der Waals surface area contributed by atoms with E-state index in [9.17, 15) is 9.59 Å². The highest BCUT2D eigenvalue weighted by Crippen LogP contribution is 1.96. The maximum Gasteiger partial charge on any atom is 0.338 e. The van der Waals surface area contributed by atoms with E-state index < -0.39 is 5.97 Å². The largest absolute Gasteiger partial charge is 0.462 e. The van der Waals surface area contributed by atoms with Gasteiger partial charge in [0.2, 0.25) is 0 Å². The predicted molar refractivity (Wildman–Crippen MR) is 47.6 cm³/mol. The van der Waals surface area contributed by atoms with E-state index >= 15 is 0 Å². The third-order valence-corrected chi connectivity index (χ3v) is 1.62. The summed E-state index contributed by atoms with van der Waals surface area (Å²) < 4.78 is 6.13. The average molecular weight is 181 g/mol. The SMILES string of the molecule is CCOC(=O)c1ccn(C)c(=O)c1. The minimum atomic E-state index is -0.458. The van der Waals surface area contributed by atoms with E-state index in [0.29, 0.717) is 12.2 Å². The summed E-state index contributed by atoms with van der Waals surface area (Å²) in [5, 5.41) is 0. The maximum absolute atomic E-state index is 11.1. The number of rotatable bonds is 2. The summed E-state index contributed by atoms with van der Waals surface area (Å²) >= 11 is 0. The van der Waals surface area contributed by atoms with Gasteiger partial charge in [-0.1, -0.05) is 0 Å². The second-order valence-corrected chi connectivity index (χ2v) is 2.59. The van der Waals surface area contributed by atoms with Crippen LogP contribution in [0.3, 0.4) is 0 Å². The Hall–Kier alpha value is -1.58. The Balaban J connectivity index is 2.97. The number of aryl methyl sites for hydroxylation is 1. The fourth-order valence-corrected chi connectivity index (χ4v) is 0.890. The molecule has 0 aliphatic heterocycles. The molecule has 0 N–H and O–H groups in total. The van der Waals surface area contributed by atoms with Gasteiger partial charge >= 0.3 is 5.97 Å². The highest BCUT2D eigenvalue weighted by Gasteiger charge is 2.06. The zero-order chi connectivity index (χ0) is 9.84. The minimum Gasteiger partial charge on any atom is -0.462 e. The number of pyridine rings is 1. The minimum absolute atomic E-state index is 0.217. The molecule has 13 heavy (non-hydrogen) atoms. The molecule has 0 radical (unpaired) electrons. The monoisotopic (exact) mass is 181 g/mol. The number of hydrogen-bond donors (Lipinski definition) is 0. The molecule has 0 unspecified atom stereocenters. The van der Waals surface area contributed by atoms with Crippen LogP contribution in [-0.2, 0) is 11.8 Å². The number of carbonyl (C=O) groups excluding carboxylic acids is 1. The van der Waals surface area contributed by atoms with Crippen molar-refractivity contribution in [2.45, 2.75) is 6.92 Å². The molecule has 4 heteroatoms. The van der Waals surface area contributed by atoms with Gasteiger partial charge in [0, 0.05) is 19.3 Å². The first-order chi connectivity index (χ1) is 6.15. The van der Waals surface area contributed by atoms with Gasteiger partial charge in [-0.3, -0.25) is 4.79 Å². The van der Waals surface area contributed by atoms with Crippen molar-refractivity contribution >= 4 is 5.97 Å². The molecule has 1 aromatic heterocycles. The van der Waals surface area contributed by atoms with Crippen LogP contribution in [0.4, 0.5) is 0 Å². The zero-order valence-corrected chi connectivity index (χ0v) is 7.61. The lowest BCUT2D eigenvalue weighted by atomic mass is 10.3. The van der Waals surface area contributed by atoms with Crippen molar-refractivity contribution in [1.82, 2.24) is 4.57 Å². The molecule has 0 amide bonds. The van der Waals surface area contributed by atoms with Gasteiger partial charge in [-0.05, 0) is 13.0 Å². The van der Waals surface area contributed by atoms with E-state index in [1.54, 1.807) is 20.0 Å². The summed E-state index contributed by atoms with van der Waals surface area (Å²) in [6, 6.07) is 2.82. The van der Waals surface area contributed by atoms with Crippen LogP contribution < -0.4 is 5.56 Å². The van der Waals surface area contributed by atoms with Crippen LogP contribution in [-0.4, -0.2) is 17.1 Å². The molecule has 4 nitrogen and oxygen atoms in total. The molecule has 0 saturated heterocycles. The third-order valence-electron chi connectivity index (χ3n) is 1.62. The molecule has 0 fully saturated rings. The van der Waals surface area contributed by atoms with Crippen molar-refractivity contribution in [1.29, 1.82) is 0 Å². The third kappa shape index (κ3) is 2.18. The van der Waals surface area contributed by atoms with Crippen LogP contribution in [0.1, 0.15) is 17.3 Å². The van der Waals surface area contributed by atoms with Crippen LogP contribution in [0.25, 0.3) is 0 Å². The van der Waals surface area contributed by atoms with E-state index in [0.717, 1.165) is 0 Å². The van der Waals surface area contributed by atoms with Gasteiger partial charge in [0.25, 0.3) is 5.56 Å². The second kappa shape index (κ2) is 3.89. The van der Waals surface area contributed by atoms with Crippen molar-refractivity contribution in [3.05, 3.63) is 34.2 Å². The standard InChI is InChI=1S/C9H11NO3/c1-3-13-9(12)7-4-5-10(2)8(11)6-7/h4-6H,3H2,1-2H3. The number of carbonyl (C=O) groups is 1. The maximum atomic E-state index is 11.1. The lowest BCUT2D eigenvalue weighted by Gasteiger charge is -2.01. The molecule has 0 aliphatic rings. The van der Waals surface area contributed by atoms with Gasteiger partial charge in [-0.15, -0.1) is 0 Å². The normalized spacial score (nSPS) is 9.69. The van der Waals surface area contributed by atoms with Crippen molar-refractivity contribution in [2.75, 3.05) is 6.61 Å². The van der Waals surface area contributed by atoms with Gasteiger partial charge in [-0.2, -0.15) is 0 Å². The second-order valence-electron chi connectivity index (χ2n) is 2.59. The van der Waals surface area contributed by atoms with E-state index in [-0.39, 0.29) is 5.56 Å². The first-order valence-corrected chi connectivity index (χ1v) is 3.99. The summed E-state index contributed by atoms with van der Waals surface area (Å²) in [7, 11) is 1.62. The van der Waals surface area contributed by atoms with Crippen molar-refractivity contribution in [2.24, 2.45) is 7.05 Å². The molecular formula is C9H11NO3. The molecule has 70 valence electrons. The summed E-state index contributed by atoms with van der Waals surface area (Å²) in [6.07, 6.45) is 1.54. The summed E-state index contributed by atoms with van der Waals surface area (Å²) in [6.45, 7) is 2.03. The summed E-state index contributed by atoms with van der Waals surface area (Å²) in [5.41, 5.74) is 0.0792. The highest BCUT2D eigenvalue weighted by molar-refractivity contribution is 5.89. The smallest absolute Gasteiger partial charge is 0.338 e. The topological polar surface area (TPSA) is 48.3 Å². The van der Waals surface area contributed by atoms with Crippen LogP contribution in [0.2, 0.25) is 0 Å². The zero-order valence-electron chi connectivity index (χ0n) is 7.61. The van der Waals surface area contributed by atoms with Gasteiger partial charge in [0.1, 0.15) is 0 Å². The molecule has 0 atom stereocenters. The van der Waals surface area contributed by atoms with Gasteiger partial charge in [-0.25, -0.2) is 4.79 Å². The van der Waals surface area contributed by atoms with E-state index in [1.807, 2.05) is 0 Å². The predicted octanol–water partition coefficient (Wildman–Crippen LogP) is 0.562. The van der Waals surface area contributed by atoms with Gasteiger partial charge in [0.05, 0.1) is 12.2 Å². The van der Waals surface area contributed by atoms with E-state index in [1.165, 1.54) is 16.8 Å². The number of aromatic nitrogens is 1. The quantitative estimate of drug-likeness (QED) is 0.626. The Labute approximate surface area is 75.8 Å². The molecule has 1 aromatic rings. The Morgan fingerprint density at radius 1 is 1.62 bits per heavy atom. The lowest BCUT2D eigenvalue weighted by Crippen LogP contribution is -2.17. The van der Waals surface area contributed by atoms with Gasteiger partial charge < -0.3 is 9.30 Å². The first kappa shape index (κ1) is 9.51. The molecule has 0 aliphatic carbocycles. The Bertz CT molecular complexity index is 367. The molecule has 0 aromatic carbocycles. The molecule has 0 bridgehead atoms. The number of esters is 1. The summed E-state index contributed by atoms with van der Waals surface area (Å²) in [5.74, 6) is -0.458. The number of hydrogen-bond acceptors (Lipinski definition) is 3. The Kier molecular flexibility index (Phi) is 2.84. The summed E-state index contributed by atoms with van der Waals surface area (Å²) in [4.78, 5) is 22.2. The van der Waals surface area contributed by atoms with E-state index in [2.05, 4.69) is 0 Å². The lowest BCUT2D eigenvalue weighted by molar-refractivity contribution is 0.0526. The Morgan fingerprint density at radius 3 is 2.85 bits per heavy atom. The van der Waals surface area contributed by atoms with Crippen molar-refractivity contribution in [3.8, 4) is 0 Å². The van der Waals surface area contributed by atoms with Crippen LogP contribution in [0.15, 0.2) is 23.1 Å². The van der Waals surface area contributed by atoms with Crippen LogP contribution in [0.5, 0.6) is 0 Å². The molecule has 1 heterocycles. The average Bonchev–Trinajstić information content (AvgIpc) is 2.10. The van der Waals surface area contributed by atoms with Crippen LogP contribution >= 0.6 is 0 Å². The fraction of sp³-hybridized carbons (Fsp3) is 0.333. The molecular weight excluding hydrogens is 170 g/mol. The van der Waals surface area contributed by atoms with E-state index in [4.69, 9.17) is 4.74 Å². The van der Waals surface area contributed by atoms with Crippen molar-refractivity contribution in [3.63, 3.8) is 0 Å².